The van der Waals surface area contributed by atoms with E-state index in [4.69, 9.17) is 0 Å². The van der Waals surface area contributed by atoms with Gasteiger partial charge in [-0.15, -0.1) is 11.8 Å². The van der Waals surface area contributed by atoms with Gasteiger partial charge in [-0.05, 0) is 23.8 Å². The number of aromatic nitrogens is 1. The zero-order chi connectivity index (χ0) is 15.1. The monoisotopic (exact) mass is 302 g/mol. The molecule has 0 spiro atoms. The SMILES string of the molecule is CC(C)NCc1cccc(SCCn2ccccc2=O)c1. The van der Waals surface area contributed by atoms with Crippen LogP contribution in [0.25, 0.3) is 0 Å². The number of rotatable bonds is 7. The van der Waals surface area contributed by atoms with E-state index in [-0.39, 0.29) is 5.56 Å². The second kappa shape index (κ2) is 8.05. The van der Waals surface area contributed by atoms with E-state index < -0.39 is 0 Å². The van der Waals surface area contributed by atoms with E-state index in [1.54, 1.807) is 28.5 Å². The van der Waals surface area contributed by atoms with Crippen molar-refractivity contribution in [3.63, 3.8) is 0 Å². The molecule has 0 unspecified atom stereocenters. The zero-order valence-corrected chi connectivity index (χ0v) is 13.4. The maximum absolute atomic E-state index is 11.6. The van der Waals surface area contributed by atoms with E-state index in [0.29, 0.717) is 6.04 Å². The first-order valence-corrected chi connectivity index (χ1v) is 8.24. The number of thioether (sulfide) groups is 1. The van der Waals surface area contributed by atoms with Gasteiger partial charge in [0.1, 0.15) is 0 Å². The Balaban J connectivity index is 1.87. The molecule has 1 N–H and O–H groups in total. The molecule has 0 radical (unpaired) electrons. The highest BCUT2D eigenvalue weighted by Crippen LogP contribution is 2.19. The van der Waals surface area contributed by atoms with E-state index in [2.05, 4.69) is 43.4 Å². The predicted octanol–water partition coefficient (Wildman–Crippen LogP) is 3.14. The van der Waals surface area contributed by atoms with Gasteiger partial charge in [-0.1, -0.05) is 32.0 Å². The molecule has 0 aliphatic rings. The van der Waals surface area contributed by atoms with E-state index >= 15 is 0 Å². The highest BCUT2D eigenvalue weighted by molar-refractivity contribution is 7.99. The van der Waals surface area contributed by atoms with Crippen LogP contribution in [-0.2, 0) is 13.1 Å². The first-order chi connectivity index (χ1) is 10.1. The topological polar surface area (TPSA) is 34.0 Å². The third-order valence-electron chi connectivity index (χ3n) is 3.11. The van der Waals surface area contributed by atoms with Gasteiger partial charge in [-0.25, -0.2) is 0 Å². The Labute approximate surface area is 130 Å². The summed E-state index contributed by atoms with van der Waals surface area (Å²) in [7, 11) is 0. The van der Waals surface area contributed by atoms with Crippen molar-refractivity contribution in [3.05, 3.63) is 64.6 Å². The highest BCUT2D eigenvalue weighted by Gasteiger charge is 2.00. The third kappa shape index (κ3) is 5.40. The lowest BCUT2D eigenvalue weighted by molar-refractivity contribution is 0.588. The lowest BCUT2D eigenvalue weighted by Crippen LogP contribution is -2.21. The van der Waals surface area contributed by atoms with Crippen LogP contribution < -0.4 is 10.9 Å². The number of hydrogen-bond donors (Lipinski definition) is 1. The summed E-state index contributed by atoms with van der Waals surface area (Å²) in [5.41, 5.74) is 1.36. The summed E-state index contributed by atoms with van der Waals surface area (Å²) >= 11 is 1.78. The average Bonchev–Trinajstić information content (AvgIpc) is 2.48. The smallest absolute Gasteiger partial charge is 0.250 e. The van der Waals surface area contributed by atoms with Crippen LogP contribution in [0.2, 0.25) is 0 Å². The minimum atomic E-state index is 0.0629. The maximum Gasteiger partial charge on any atom is 0.250 e. The molecule has 0 fully saturated rings. The quantitative estimate of drug-likeness (QED) is 0.798. The van der Waals surface area contributed by atoms with Crippen LogP contribution in [0.15, 0.2) is 58.4 Å². The number of nitrogens with one attached hydrogen (secondary N) is 1. The summed E-state index contributed by atoms with van der Waals surface area (Å²) in [5, 5.41) is 3.42. The number of hydrogen-bond acceptors (Lipinski definition) is 3. The van der Waals surface area contributed by atoms with Gasteiger partial charge >= 0.3 is 0 Å². The fourth-order valence-corrected chi connectivity index (χ4v) is 2.91. The van der Waals surface area contributed by atoms with Gasteiger partial charge in [-0.2, -0.15) is 0 Å². The van der Waals surface area contributed by atoms with Crippen molar-refractivity contribution >= 4 is 11.8 Å². The molecule has 2 rings (SSSR count). The second-order valence-corrected chi connectivity index (χ2v) is 6.43. The molecule has 0 amide bonds. The van der Waals surface area contributed by atoms with Crippen molar-refractivity contribution in [1.29, 1.82) is 0 Å². The van der Waals surface area contributed by atoms with Gasteiger partial charge in [0.25, 0.3) is 5.56 Å². The van der Waals surface area contributed by atoms with Crippen LogP contribution in [0.1, 0.15) is 19.4 Å². The molecule has 21 heavy (non-hydrogen) atoms. The molecule has 0 aliphatic carbocycles. The minimum Gasteiger partial charge on any atom is -0.315 e. The average molecular weight is 302 g/mol. The molecule has 0 aliphatic heterocycles. The summed E-state index contributed by atoms with van der Waals surface area (Å²) in [6.07, 6.45) is 1.84. The number of nitrogens with zero attached hydrogens (tertiary/aromatic N) is 1. The van der Waals surface area contributed by atoms with Gasteiger partial charge in [0.2, 0.25) is 0 Å². The Morgan fingerprint density at radius 3 is 2.81 bits per heavy atom. The van der Waals surface area contributed by atoms with Crippen LogP contribution >= 0.6 is 11.8 Å². The molecule has 2 aromatic rings. The fraction of sp³-hybridized carbons (Fsp3) is 0.353. The Hall–Kier alpha value is -1.52. The number of pyridine rings is 1. The van der Waals surface area contributed by atoms with Crippen molar-refractivity contribution in [2.24, 2.45) is 0 Å². The Morgan fingerprint density at radius 1 is 1.19 bits per heavy atom. The largest absolute Gasteiger partial charge is 0.315 e. The zero-order valence-electron chi connectivity index (χ0n) is 12.6. The van der Waals surface area contributed by atoms with Crippen molar-refractivity contribution in [2.45, 2.75) is 37.9 Å². The molecular formula is C17H22N2OS. The molecule has 3 nitrogen and oxygen atoms in total. The van der Waals surface area contributed by atoms with Crippen LogP contribution in [0.4, 0.5) is 0 Å². The molecular weight excluding hydrogens is 280 g/mol. The molecule has 0 atom stereocenters. The molecule has 4 heteroatoms. The van der Waals surface area contributed by atoms with Crippen molar-refractivity contribution in [2.75, 3.05) is 5.75 Å². The first kappa shape index (κ1) is 15.9. The maximum atomic E-state index is 11.6. The summed E-state index contributed by atoms with van der Waals surface area (Å²) in [4.78, 5) is 12.9. The van der Waals surface area contributed by atoms with Gasteiger partial charge < -0.3 is 9.88 Å². The van der Waals surface area contributed by atoms with Crippen LogP contribution in [-0.4, -0.2) is 16.4 Å². The standard InChI is InChI=1S/C17H22N2OS/c1-14(2)18-13-15-6-5-7-16(12-15)21-11-10-19-9-4-3-8-17(19)20/h3-9,12,14,18H,10-11,13H2,1-2H3. The molecule has 0 saturated carbocycles. The predicted molar refractivity (Wildman–Crippen MR) is 89.8 cm³/mol. The second-order valence-electron chi connectivity index (χ2n) is 5.26. The molecule has 0 saturated heterocycles. The third-order valence-corrected chi connectivity index (χ3v) is 4.09. The summed E-state index contributed by atoms with van der Waals surface area (Å²) < 4.78 is 1.75. The summed E-state index contributed by atoms with van der Waals surface area (Å²) in [6.45, 7) is 5.93. The molecule has 112 valence electrons. The molecule has 1 aromatic carbocycles. The summed E-state index contributed by atoms with van der Waals surface area (Å²) in [6, 6.07) is 14.3. The first-order valence-electron chi connectivity index (χ1n) is 7.26. The molecule has 1 heterocycles. The Kier molecular flexibility index (Phi) is 6.08. The normalized spacial score (nSPS) is 11.0. The van der Waals surface area contributed by atoms with E-state index in [0.717, 1.165) is 18.8 Å². The lowest BCUT2D eigenvalue weighted by atomic mass is 10.2. The number of aryl methyl sites for hydroxylation is 1. The van der Waals surface area contributed by atoms with E-state index in [1.165, 1.54) is 10.5 Å². The fourth-order valence-electron chi connectivity index (χ4n) is 1.97. The lowest BCUT2D eigenvalue weighted by Gasteiger charge is -2.09. The Morgan fingerprint density at radius 2 is 2.05 bits per heavy atom. The van der Waals surface area contributed by atoms with E-state index in [9.17, 15) is 4.79 Å². The van der Waals surface area contributed by atoms with Crippen molar-refractivity contribution in [1.82, 2.24) is 9.88 Å². The van der Waals surface area contributed by atoms with Crippen molar-refractivity contribution in [3.8, 4) is 0 Å². The highest BCUT2D eigenvalue weighted by atomic mass is 32.2. The van der Waals surface area contributed by atoms with Gasteiger partial charge in [0.05, 0.1) is 0 Å². The summed E-state index contributed by atoms with van der Waals surface area (Å²) in [5.74, 6) is 0.894. The Bertz CT molecular complexity index is 622. The molecule has 1 aromatic heterocycles. The van der Waals surface area contributed by atoms with Gasteiger partial charge in [0, 0.05) is 42.0 Å². The van der Waals surface area contributed by atoms with Crippen molar-refractivity contribution < 1.29 is 0 Å². The molecule has 0 bridgehead atoms. The van der Waals surface area contributed by atoms with E-state index in [1.807, 2.05) is 12.3 Å². The van der Waals surface area contributed by atoms with Gasteiger partial charge in [0.15, 0.2) is 0 Å². The minimum absolute atomic E-state index is 0.0629. The van der Waals surface area contributed by atoms with Crippen LogP contribution in [0, 0.1) is 0 Å². The van der Waals surface area contributed by atoms with Crippen LogP contribution in [0.5, 0.6) is 0 Å². The number of benzene rings is 1. The van der Waals surface area contributed by atoms with Crippen LogP contribution in [0.3, 0.4) is 0 Å². The van der Waals surface area contributed by atoms with Gasteiger partial charge in [-0.3, -0.25) is 4.79 Å².